The Hall–Kier alpha value is -1.00. The summed E-state index contributed by atoms with van der Waals surface area (Å²) in [5, 5.41) is 3.12. The lowest BCUT2D eigenvalue weighted by Gasteiger charge is -2.41. The molecular weight excluding hydrogens is 268 g/mol. The summed E-state index contributed by atoms with van der Waals surface area (Å²) in [6, 6.07) is 8.24. The molecule has 0 bridgehead atoms. The zero-order valence-electron chi connectivity index (χ0n) is 12.6. The maximum Gasteiger partial charge on any atom is 0.240 e. The van der Waals surface area contributed by atoms with Crippen LogP contribution in [0.15, 0.2) is 29.2 Å². The molecule has 1 aliphatic heterocycles. The van der Waals surface area contributed by atoms with E-state index >= 15 is 0 Å². The normalized spacial score (nSPS) is 23.6. The Labute approximate surface area is 126 Å². The van der Waals surface area contributed by atoms with Crippen molar-refractivity contribution in [1.82, 2.24) is 10.2 Å². The molecule has 0 saturated carbocycles. The van der Waals surface area contributed by atoms with Gasteiger partial charge in [-0.1, -0.05) is 18.2 Å². The Morgan fingerprint density at radius 2 is 2.15 bits per heavy atom. The van der Waals surface area contributed by atoms with Crippen LogP contribution in [0, 0.1) is 0 Å². The van der Waals surface area contributed by atoms with Crippen LogP contribution in [0.1, 0.15) is 31.7 Å². The minimum atomic E-state index is -0.355. The zero-order valence-corrected chi connectivity index (χ0v) is 13.4. The van der Waals surface area contributed by atoms with Crippen LogP contribution in [0.25, 0.3) is 0 Å². The maximum atomic E-state index is 12.5. The van der Waals surface area contributed by atoms with E-state index < -0.39 is 0 Å². The number of hydrogen-bond donors (Lipinski definition) is 1. The molecule has 1 aliphatic rings. The molecule has 1 amide bonds. The van der Waals surface area contributed by atoms with Crippen molar-refractivity contribution in [2.24, 2.45) is 0 Å². The van der Waals surface area contributed by atoms with Crippen LogP contribution in [0.4, 0.5) is 0 Å². The SMILES string of the molecule is CSc1ccccc1CNC(=O)C1(C)CCCCN1C. The van der Waals surface area contributed by atoms with Gasteiger partial charge in [-0.15, -0.1) is 11.8 Å². The number of carbonyl (C=O) groups is 1. The summed E-state index contributed by atoms with van der Waals surface area (Å²) in [5.41, 5.74) is 0.836. The van der Waals surface area contributed by atoms with Crippen LogP contribution in [0.5, 0.6) is 0 Å². The van der Waals surface area contributed by atoms with Crippen molar-refractivity contribution in [3.63, 3.8) is 0 Å². The fourth-order valence-corrected chi connectivity index (χ4v) is 3.37. The number of thioether (sulfide) groups is 1. The van der Waals surface area contributed by atoms with Gasteiger partial charge in [-0.25, -0.2) is 0 Å². The van der Waals surface area contributed by atoms with Crippen LogP contribution >= 0.6 is 11.8 Å². The number of carbonyl (C=O) groups excluding carboxylic acids is 1. The third-order valence-corrected chi connectivity index (χ3v) is 5.21. The molecule has 1 atom stereocenters. The van der Waals surface area contributed by atoms with E-state index in [0.29, 0.717) is 6.54 Å². The average molecular weight is 292 g/mol. The molecule has 1 fully saturated rings. The van der Waals surface area contributed by atoms with E-state index in [0.717, 1.165) is 19.4 Å². The molecule has 20 heavy (non-hydrogen) atoms. The van der Waals surface area contributed by atoms with Gasteiger partial charge in [-0.2, -0.15) is 0 Å². The summed E-state index contributed by atoms with van der Waals surface area (Å²) in [6.07, 6.45) is 5.33. The molecule has 1 aromatic rings. The largest absolute Gasteiger partial charge is 0.350 e. The Morgan fingerprint density at radius 3 is 2.85 bits per heavy atom. The van der Waals surface area contributed by atoms with E-state index in [4.69, 9.17) is 0 Å². The van der Waals surface area contributed by atoms with Gasteiger partial charge in [0.1, 0.15) is 0 Å². The van der Waals surface area contributed by atoms with Gasteiger partial charge in [-0.05, 0) is 57.7 Å². The number of hydrogen-bond acceptors (Lipinski definition) is 3. The van der Waals surface area contributed by atoms with E-state index in [-0.39, 0.29) is 11.4 Å². The number of nitrogens with zero attached hydrogens (tertiary/aromatic N) is 1. The van der Waals surface area contributed by atoms with Crippen LogP contribution in [0.3, 0.4) is 0 Å². The zero-order chi connectivity index (χ0) is 14.6. The third kappa shape index (κ3) is 3.18. The maximum absolute atomic E-state index is 12.5. The topological polar surface area (TPSA) is 32.3 Å². The first-order chi connectivity index (χ1) is 9.58. The number of amides is 1. The Kier molecular flexibility index (Phi) is 5.11. The lowest BCUT2D eigenvalue weighted by molar-refractivity contribution is -0.133. The first kappa shape index (κ1) is 15.4. The summed E-state index contributed by atoms with van der Waals surface area (Å²) >= 11 is 1.72. The van der Waals surface area contributed by atoms with Crippen molar-refractivity contribution in [2.45, 2.75) is 43.2 Å². The highest BCUT2D eigenvalue weighted by molar-refractivity contribution is 7.98. The molecule has 0 aliphatic carbocycles. The second-order valence-corrected chi connectivity index (χ2v) is 6.50. The molecule has 1 aromatic carbocycles. The van der Waals surface area contributed by atoms with E-state index in [1.165, 1.54) is 16.9 Å². The second-order valence-electron chi connectivity index (χ2n) is 5.65. The number of likely N-dealkylation sites (tertiary alicyclic amines) is 1. The predicted molar refractivity (Wildman–Crippen MR) is 85.0 cm³/mol. The minimum absolute atomic E-state index is 0.149. The van der Waals surface area contributed by atoms with Gasteiger partial charge < -0.3 is 5.32 Å². The van der Waals surface area contributed by atoms with Crippen LogP contribution in [-0.2, 0) is 11.3 Å². The molecular formula is C16H24N2OS. The Morgan fingerprint density at radius 1 is 1.40 bits per heavy atom. The molecule has 110 valence electrons. The lowest BCUT2D eigenvalue weighted by Crippen LogP contribution is -2.57. The lowest BCUT2D eigenvalue weighted by atomic mass is 9.88. The highest BCUT2D eigenvalue weighted by Gasteiger charge is 2.38. The molecule has 3 nitrogen and oxygen atoms in total. The third-order valence-electron chi connectivity index (χ3n) is 4.37. The predicted octanol–water partition coefficient (Wildman–Crippen LogP) is 2.90. The first-order valence-electron chi connectivity index (χ1n) is 7.19. The van der Waals surface area contributed by atoms with Gasteiger partial charge in [-0.3, -0.25) is 9.69 Å². The highest BCUT2D eigenvalue weighted by atomic mass is 32.2. The van der Waals surface area contributed by atoms with Crippen molar-refractivity contribution in [1.29, 1.82) is 0 Å². The summed E-state index contributed by atoms with van der Waals surface area (Å²) in [6.45, 7) is 3.67. The second kappa shape index (κ2) is 6.64. The average Bonchev–Trinajstić information content (AvgIpc) is 2.48. The number of benzene rings is 1. The number of likely N-dealkylation sites (N-methyl/N-ethyl adjacent to an activating group) is 1. The summed E-state index contributed by atoms with van der Waals surface area (Å²) in [7, 11) is 2.05. The summed E-state index contributed by atoms with van der Waals surface area (Å²) < 4.78 is 0. The summed E-state index contributed by atoms with van der Waals surface area (Å²) in [5.74, 6) is 0.149. The smallest absolute Gasteiger partial charge is 0.240 e. The van der Waals surface area contributed by atoms with Gasteiger partial charge in [0.2, 0.25) is 5.91 Å². The standard InChI is InChI=1S/C16H24N2OS/c1-16(10-6-7-11-18(16)2)15(19)17-12-13-8-4-5-9-14(13)20-3/h4-5,8-9H,6-7,10-12H2,1-3H3,(H,17,19). The van der Waals surface area contributed by atoms with E-state index in [1.807, 2.05) is 12.1 Å². The van der Waals surface area contributed by atoms with Crippen molar-refractivity contribution in [3.8, 4) is 0 Å². The van der Waals surface area contributed by atoms with Crippen LogP contribution in [0.2, 0.25) is 0 Å². The molecule has 2 rings (SSSR count). The van der Waals surface area contributed by atoms with Crippen molar-refractivity contribution in [2.75, 3.05) is 19.8 Å². The monoisotopic (exact) mass is 292 g/mol. The first-order valence-corrected chi connectivity index (χ1v) is 8.42. The molecule has 1 heterocycles. The van der Waals surface area contributed by atoms with Gasteiger partial charge in [0.25, 0.3) is 0 Å². The van der Waals surface area contributed by atoms with Gasteiger partial charge in [0, 0.05) is 11.4 Å². The van der Waals surface area contributed by atoms with Crippen molar-refractivity contribution >= 4 is 17.7 Å². The van der Waals surface area contributed by atoms with E-state index in [2.05, 4.69) is 42.6 Å². The van der Waals surface area contributed by atoms with Crippen LogP contribution < -0.4 is 5.32 Å². The molecule has 1 N–H and O–H groups in total. The van der Waals surface area contributed by atoms with Gasteiger partial charge in [0.05, 0.1) is 5.54 Å². The minimum Gasteiger partial charge on any atom is -0.350 e. The quantitative estimate of drug-likeness (QED) is 0.866. The fourth-order valence-electron chi connectivity index (χ4n) is 2.76. The van der Waals surface area contributed by atoms with Gasteiger partial charge >= 0.3 is 0 Å². The Balaban J connectivity index is 2.01. The molecule has 0 radical (unpaired) electrons. The fraction of sp³-hybridized carbons (Fsp3) is 0.562. The Bertz CT molecular complexity index is 477. The van der Waals surface area contributed by atoms with E-state index in [9.17, 15) is 4.79 Å². The number of rotatable bonds is 4. The van der Waals surface area contributed by atoms with Crippen LogP contribution in [-0.4, -0.2) is 36.2 Å². The molecule has 1 unspecified atom stereocenters. The van der Waals surface area contributed by atoms with Crippen molar-refractivity contribution in [3.05, 3.63) is 29.8 Å². The number of piperidine rings is 1. The molecule has 4 heteroatoms. The van der Waals surface area contributed by atoms with Gasteiger partial charge in [0.15, 0.2) is 0 Å². The molecule has 1 saturated heterocycles. The van der Waals surface area contributed by atoms with E-state index in [1.54, 1.807) is 11.8 Å². The molecule has 0 aromatic heterocycles. The van der Waals surface area contributed by atoms with Crippen molar-refractivity contribution < 1.29 is 4.79 Å². The highest BCUT2D eigenvalue weighted by Crippen LogP contribution is 2.27. The number of nitrogens with one attached hydrogen (secondary N) is 1. The summed E-state index contributed by atoms with van der Waals surface area (Å²) in [4.78, 5) is 16.0. The molecule has 0 spiro atoms.